The molecule has 2 aromatic rings. The van der Waals surface area contributed by atoms with E-state index in [1.165, 1.54) is 0 Å². The van der Waals surface area contributed by atoms with Gasteiger partial charge in [-0.05, 0) is 42.3 Å². The second kappa shape index (κ2) is 7.34. The van der Waals surface area contributed by atoms with Gasteiger partial charge in [-0.15, -0.1) is 0 Å². The molecule has 2 rings (SSSR count). The van der Waals surface area contributed by atoms with Gasteiger partial charge in [0, 0.05) is 21.3 Å². The van der Waals surface area contributed by atoms with Crippen LogP contribution in [-0.4, -0.2) is 5.71 Å². The second-order valence-electron chi connectivity index (χ2n) is 4.52. The smallest absolute Gasteiger partial charge is 0.142 e. The highest BCUT2D eigenvalue weighted by Crippen LogP contribution is 2.20. The molecule has 0 atom stereocenters. The first-order chi connectivity index (χ1) is 10.1. The van der Waals surface area contributed by atoms with Gasteiger partial charge < -0.3 is 10.6 Å². The van der Waals surface area contributed by atoms with Crippen LogP contribution in [0.25, 0.3) is 0 Å². The number of rotatable bonds is 5. The molecule has 0 aromatic heterocycles. The maximum Gasteiger partial charge on any atom is 0.142 e. The van der Waals surface area contributed by atoms with Gasteiger partial charge in [-0.3, -0.25) is 0 Å². The number of oxime groups is 1. The van der Waals surface area contributed by atoms with Gasteiger partial charge in [0.1, 0.15) is 6.61 Å². The third-order valence-electron chi connectivity index (χ3n) is 2.98. The van der Waals surface area contributed by atoms with E-state index in [4.69, 9.17) is 33.8 Å². The third-order valence-corrected chi connectivity index (χ3v) is 3.47. The topological polar surface area (TPSA) is 47.6 Å². The van der Waals surface area contributed by atoms with Crippen molar-refractivity contribution in [3.8, 4) is 0 Å². The number of hydrogen-bond acceptors (Lipinski definition) is 3. The molecule has 2 aromatic carbocycles. The molecule has 3 nitrogen and oxygen atoms in total. The Balaban J connectivity index is 2.10. The summed E-state index contributed by atoms with van der Waals surface area (Å²) in [6.45, 7) is 2.37. The van der Waals surface area contributed by atoms with Gasteiger partial charge in [-0.2, -0.15) is 0 Å². The van der Waals surface area contributed by atoms with Crippen molar-refractivity contribution in [2.24, 2.45) is 5.16 Å². The van der Waals surface area contributed by atoms with Crippen LogP contribution in [0.15, 0.2) is 47.6 Å². The number of anilines is 1. The fraction of sp³-hybridized carbons (Fsp3) is 0.188. The Morgan fingerprint density at radius 2 is 1.76 bits per heavy atom. The van der Waals surface area contributed by atoms with Gasteiger partial charge in [0.05, 0.1) is 5.71 Å². The van der Waals surface area contributed by atoms with Crippen LogP contribution in [-0.2, 0) is 11.4 Å². The standard InChI is InChI=1S/C16H16Cl2N2O/c1-2-16(14-9-13(18)7-8-15(14)19)20-21-10-11-3-5-12(17)6-4-11/h3-9H,2,10,19H2,1H3/b20-16+. The van der Waals surface area contributed by atoms with Crippen LogP contribution in [0, 0.1) is 0 Å². The molecule has 0 aliphatic carbocycles. The predicted molar refractivity (Wildman–Crippen MR) is 88.9 cm³/mol. The molecule has 110 valence electrons. The monoisotopic (exact) mass is 322 g/mol. The van der Waals surface area contributed by atoms with Crippen LogP contribution in [0.5, 0.6) is 0 Å². The maximum atomic E-state index is 6.00. The molecule has 0 aliphatic rings. The Morgan fingerprint density at radius 3 is 2.43 bits per heavy atom. The molecular formula is C16H16Cl2N2O. The Hall–Kier alpha value is -1.71. The molecule has 0 radical (unpaired) electrons. The van der Waals surface area contributed by atoms with Gasteiger partial charge in [-0.1, -0.05) is 47.4 Å². The molecule has 0 fully saturated rings. The van der Waals surface area contributed by atoms with Crippen LogP contribution in [0.3, 0.4) is 0 Å². The lowest BCUT2D eigenvalue weighted by Gasteiger charge is -2.08. The van der Waals surface area contributed by atoms with E-state index in [2.05, 4.69) is 5.16 Å². The fourth-order valence-electron chi connectivity index (χ4n) is 1.85. The molecule has 0 saturated heterocycles. The summed E-state index contributed by atoms with van der Waals surface area (Å²) in [4.78, 5) is 5.41. The Bertz CT molecular complexity index is 639. The van der Waals surface area contributed by atoms with E-state index >= 15 is 0 Å². The predicted octanol–water partition coefficient (Wildman–Crippen LogP) is 4.91. The van der Waals surface area contributed by atoms with E-state index in [1.807, 2.05) is 31.2 Å². The van der Waals surface area contributed by atoms with Crippen molar-refractivity contribution in [1.29, 1.82) is 0 Å². The molecular weight excluding hydrogens is 307 g/mol. The maximum absolute atomic E-state index is 6.00. The van der Waals surface area contributed by atoms with E-state index in [9.17, 15) is 0 Å². The molecule has 0 saturated carbocycles. The van der Waals surface area contributed by atoms with E-state index in [0.717, 1.165) is 16.8 Å². The van der Waals surface area contributed by atoms with E-state index in [0.29, 0.717) is 28.8 Å². The van der Waals surface area contributed by atoms with Gasteiger partial charge >= 0.3 is 0 Å². The molecule has 2 N–H and O–H groups in total. The lowest BCUT2D eigenvalue weighted by atomic mass is 10.1. The molecule has 0 amide bonds. The number of nitrogens with two attached hydrogens (primary N) is 1. The van der Waals surface area contributed by atoms with Crippen LogP contribution in [0.1, 0.15) is 24.5 Å². The van der Waals surface area contributed by atoms with Crippen LogP contribution < -0.4 is 5.73 Å². The van der Waals surface area contributed by atoms with Crippen molar-refractivity contribution in [1.82, 2.24) is 0 Å². The Morgan fingerprint density at radius 1 is 1.10 bits per heavy atom. The lowest BCUT2D eigenvalue weighted by molar-refractivity contribution is 0.130. The molecule has 0 heterocycles. The number of halogens is 2. The number of benzene rings is 2. The van der Waals surface area contributed by atoms with Gasteiger partial charge in [0.2, 0.25) is 0 Å². The van der Waals surface area contributed by atoms with Crippen molar-refractivity contribution in [3.63, 3.8) is 0 Å². The minimum Gasteiger partial charge on any atom is -0.398 e. The lowest BCUT2D eigenvalue weighted by Crippen LogP contribution is -2.05. The summed E-state index contributed by atoms with van der Waals surface area (Å²) in [7, 11) is 0. The van der Waals surface area contributed by atoms with E-state index in [1.54, 1.807) is 18.2 Å². The third kappa shape index (κ3) is 4.38. The molecule has 0 unspecified atom stereocenters. The highest BCUT2D eigenvalue weighted by Gasteiger charge is 2.07. The van der Waals surface area contributed by atoms with Crippen molar-refractivity contribution >= 4 is 34.6 Å². The zero-order valence-electron chi connectivity index (χ0n) is 11.6. The largest absolute Gasteiger partial charge is 0.398 e. The highest BCUT2D eigenvalue weighted by atomic mass is 35.5. The minimum atomic E-state index is 0.376. The van der Waals surface area contributed by atoms with Gasteiger partial charge in [0.15, 0.2) is 0 Å². The van der Waals surface area contributed by atoms with Crippen LogP contribution in [0.2, 0.25) is 10.0 Å². The fourth-order valence-corrected chi connectivity index (χ4v) is 2.15. The summed E-state index contributed by atoms with van der Waals surface area (Å²) < 4.78 is 0. The van der Waals surface area contributed by atoms with Crippen LogP contribution >= 0.6 is 23.2 Å². The summed E-state index contributed by atoms with van der Waals surface area (Å²) in [6, 6.07) is 12.8. The average molecular weight is 323 g/mol. The Kier molecular flexibility index (Phi) is 5.48. The Labute approximate surface area is 134 Å². The van der Waals surface area contributed by atoms with Crippen molar-refractivity contribution in [2.75, 3.05) is 5.73 Å². The summed E-state index contributed by atoms with van der Waals surface area (Å²) in [5.41, 5.74) is 9.16. The summed E-state index contributed by atoms with van der Waals surface area (Å²) >= 11 is 11.8. The average Bonchev–Trinajstić information content (AvgIpc) is 2.48. The van der Waals surface area contributed by atoms with Gasteiger partial charge in [-0.25, -0.2) is 0 Å². The molecule has 0 aliphatic heterocycles. The normalized spacial score (nSPS) is 11.5. The number of nitrogen functional groups attached to an aromatic ring is 1. The first-order valence-electron chi connectivity index (χ1n) is 6.59. The second-order valence-corrected chi connectivity index (χ2v) is 5.40. The molecule has 5 heteroatoms. The first-order valence-corrected chi connectivity index (χ1v) is 7.34. The molecule has 21 heavy (non-hydrogen) atoms. The number of nitrogens with zero attached hydrogens (tertiary/aromatic N) is 1. The van der Waals surface area contributed by atoms with Crippen molar-refractivity contribution in [3.05, 3.63) is 63.6 Å². The summed E-state index contributed by atoms with van der Waals surface area (Å²) in [5.74, 6) is 0. The summed E-state index contributed by atoms with van der Waals surface area (Å²) in [6.07, 6.45) is 0.700. The van der Waals surface area contributed by atoms with Crippen molar-refractivity contribution < 1.29 is 4.84 Å². The number of hydrogen-bond donors (Lipinski definition) is 1. The first kappa shape index (κ1) is 15.7. The SMILES string of the molecule is CC/C(=N\OCc1ccc(Cl)cc1)c1cc(Cl)ccc1N. The molecule has 0 bridgehead atoms. The zero-order valence-corrected chi connectivity index (χ0v) is 13.2. The van der Waals surface area contributed by atoms with E-state index in [-0.39, 0.29) is 0 Å². The quantitative estimate of drug-likeness (QED) is 0.483. The van der Waals surface area contributed by atoms with Crippen LogP contribution in [0.4, 0.5) is 5.69 Å². The van der Waals surface area contributed by atoms with Gasteiger partial charge in [0.25, 0.3) is 0 Å². The molecule has 0 spiro atoms. The summed E-state index contributed by atoms with van der Waals surface area (Å²) in [5, 5.41) is 5.50. The minimum absolute atomic E-state index is 0.376. The van der Waals surface area contributed by atoms with E-state index < -0.39 is 0 Å². The van der Waals surface area contributed by atoms with Crippen molar-refractivity contribution in [2.45, 2.75) is 20.0 Å². The highest BCUT2D eigenvalue weighted by molar-refractivity contribution is 6.31. The zero-order chi connectivity index (χ0) is 15.2.